The van der Waals surface area contributed by atoms with Gasteiger partial charge in [0.2, 0.25) is 0 Å². The van der Waals surface area contributed by atoms with Gasteiger partial charge in [-0.15, -0.1) is 0 Å². The highest BCUT2D eigenvalue weighted by atomic mass is 15.3. The second kappa shape index (κ2) is 7.32. The van der Waals surface area contributed by atoms with Crippen molar-refractivity contribution in [2.24, 2.45) is 5.92 Å². The number of pyridine rings is 1. The van der Waals surface area contributed by atoms with Crippen molar-refractivity contribution in [2.75, 3.05) is 31.5 Å². The molecular formula is C18H26N6. The maximum atomic E-state index is 4.43. The molecule has 1 fully saturated rings. The third-order valence-corrected chi connectivity index (χ3v) is 5.11. The first kappa shape index (κ1) is 15.6. The Labute approximate surface area is 143 Å². The molecule has 128 valence electrons. The van der Waals surface area contributed by atoms with Crippen LogP contribution in [0.25, 0.3) is 0 Å². The SMILES string of the molecule is c1ccc(CN2CCC(NC[C@@H]3CNc4ccnn4C3)CC2)nc1. The number of likely N-dealkylation sites (tertiary alicyclic amines) is 1. The lowest BCUT2D eigenvalue weighted by Crippen LogP contribution is -2.45. The Kier molecular flexibility index (Phi) is 4.76. The van der Waals surface area contributed by atoms with E-state index in [1.807, 2.05) is 24.5 Å². The van der Waals surface area contributed by atoms with Crippen LogP contribution in [-0.4, -0.2) is 51.9 Å². The van der Waals surface area contributed by atoms with Crippen LogP contribution in [-0.2, 0) is 13.1 Å². The van der Waals surface area contributed by atoms with Gasteiger partial charge in [-0.3, -0.25) is 9.88 Å². The van der Waals surface area contributed by atoms with Crippen molar-refractivity contribution in [3.05, 3.63) is 42.4 Å². The molecule has 0 amide bonds. The Morgan fingerprint density at radius 3 is 2.92 bits per heavy atom. The van der Waals surface area contributed by atoms with Gasteiger partial charge in [-0.25, -0.2) is 4.68 Å². The molecule has 1 saturated heterocycles. The summed E-state index contributed by atoms with van der Waals surface area (Å²) in [4.78, 5) is 6.94. The predicted octanol–water partition coefficient (Wildman–Crippen LogP) is 1.57. The molecule has 0 saturated carbocycles. The molecule has 1 atom stereocenters. The monoisotopic (exact) mass is 326 g/mol. The largest absolute Gasteiger partial charge is 0.370 e. The second-order valence-electron chi connectivity index (χ2n) is 6.93. The Morgan fingerprint density at radius 2 is 2.08 bits per heavy atom. The van der Waals surface area contributed by atoms with Crippen LogP contribution >= 0.6 is 0 Å². The van der Waals surface area contributed by atoms with Crippen LogP contribution in [0.1, 0.15) is 18.5 Å². The van der Waals surface area contributed by atoms with E-state index < -0.39 is 0 Å². The van der Waals surface area contributed by atoms with Gasteiger partial charge in [-0.2, -0.15) is 5.10 Å². The zero-order valence-corrected chi connectivity index (χ0v) is 14.1. The second-order valence-corrected chi connectivity index (χ2v) is 6.93. The van der Waals surface area contributed by atoms with Crippen LogP contribution in [0.2, 0.25) is 0 Å². The summed E-state index contributed by atoms with van der Waals surface area (Å²) in [5, 5.41) is 11.6. The number of nitrogens with one attached hydrogen (secondary N) is 2. The molecule has 6 nitrogen and oxygen atoms in total. The third-order valence-electron chi connectivity index (χ3n) is 5.11. The molecule has 6 heteroatoms. The van der Waals surface area contributed by atoms with Crippen molar-refractivity contribution in [1.29, 1.82) is 0 Å². The lowest BCUT2D eigenvalue weighted by molar-refractivity contribution is 0.185. The van der Waals surface area contributed by atoms with Crippen molar-refractivity contribution >= 4 is 5.82 Å². The summed E-state index contributed by atoms with van der Waals surface area (Å²) in [6.07, 6.45) is 6.20. The van der Waals surface area contributed by atoms with Gasteiger partial charge in [0.25, 0.3) is 0 Å². The average Bonchev–Trinajstić information content (AvgIpc) is 3.10. The molecule has 0 spiro atoms. The van der Waals surface area contributed by atoms with Crippen LogP contribution < -0.4 is 10.6 Å². The summed E-state index contributed by atoms with van der Waals surface area (Å²) in [5.41, 5.74) is 1.17. The maximum absolute atomic E-state index is 4.43. The number of anilines is 1. The highest BCUT2D eigenvalue weighted by molar-refractivity contribution is 5.35. The summed E-state index contributed by atoms with van der Waals surface area (Å²) < 4.78 is 2.07. The molecule has 2 aliphatic rings. The van der Waals surface area contributed by atoms with E-state index in [-0.39, 0.29) is 0 Å². The molecule has 0 unspecified atom stereocenters. The third kappa shape index (κ3) is 3.76. The Bertz CT molecular complexity index is 632. The van der Waals surface area contributed by atoms with Crippen molar-refractivity contribution in [3.8, 4) is 0 Å². The fraction of sp³-hybridized carbons (Fsp3) is 0.556. The molecule has 2 aromatic heterocycles. The summed E-state index contributed by atoms with van der Waals surface area (Å²) in [7, 11) is 0. The molecule has 2 aromatic rings. The average molecular weight is 326 g/mol. The smallest absolute Gasteiger partial charge is 0.124 e. The van der Waals surface area contributed by atoms with E-state index in [9.17, 15) is 0 Å². The fourth-order valence-electron chi connectivity index (χ4n) is 3.67. The molecule has 0 bridgehead atoms. The van der Waals surface area contributed by atoms with Crippen LogP contribution in [0.3, 0.4) is 0 Å². The number of hydrogen-bond acceptors (Lipinski definition) is 5. The van der Waals surface area contributed by atoms with E-state index in [1.165, 1.54) is 18.5 Å². The topological polar surface area (TPSA) is 58.0 Å². The zero-order valence-electron chi connectivity index (χ0n) is 14.1. The van der Waals surface area contributed by atoms with Gasteiger partial charge in [0, 0.05) is 63.5 Å². The Hall–Kier alpha value is -1.92. The summed E-state index contributed by atoms with van der Waals surface area (Å²) in [6, 6.07) is 8.85. The van der Waals surface area contributed by atoms with Crippen molar-refractivity contribution in [2.45, 2.75) is 32.0 Å². The van der Waals surface area contributed by atoms with E-state index in [2.05, 4.69) is 42.4 Å². The molecule has 2 N–H and O–H groups in total. The molecule has 4 rings (SSSR count). The van der Waals surface area contributed by atoms with Crippen LogP contribution in [0.5, 0.6) is 0 Å². The summed E-state index contributed by atoms with van der Waals surface area (Å²) >= 11 is 0. The van der Waals surface area contributed by atoms with Gasteiger partial charge in [0.05, 0.1) is 11.9 Å². The van der Waals surface area contributed by atoms with Crippen LogP contribution in [0.4, 0.5) is 5.82 Å². The maximum Gasteiger partial charge on any atom is 0.124 e. The number of fused-ring (bicyclic) bond motifs is 1. The molecule has 24 heavy (non-hydrogen) atoms. The molecule has 0 radical (unpaired) electrons. The molecular weight excluding hydrogens is 300 g/mol. The molecule has 4 heterocycles. The van der Waals surface area contributed by atoms with Crippen LogP contribution in [0.15, 0.2) is 36.7 Å². The van der Waals surface area contributed by atoms with Gasteiger partial charge in [-0.1, -0.05) is 6.07 Å². The van der Waals surface area contributed by atoms with E-state index >= 15 is 0 Å². The first-order chi connectivity index (χ1) is 11.9. The first-order valence-electron chi connectivity index (χ1n) is 8.98. The summed E-state index contributed by atoms with van der Waals surface area (Å²) in [6.45, 7) is 6.40. The molecule has 2 aliphatic heterocycles. The van der Waals surface area contributed by atoms with E-state index in [1.54, 1.807) is 0 Å². The zero-order chi connectivity index (χ0) is 16.2. The highest BCUT2D eigenvalue weighted by Crippen LogP contribution is 2.17. The highest BCUT2D eigenvalue weighted by Gasteiger charge is 2.22. The van der Waals surface area contributed by atoms with Gasteiger partial charge in [-0.05, 0) is 25.0 Å². The molecule has 0 aromatic carbocycles. The van der Waals surface area contributed by atoms with Gasteiger partial charge < -0.3 is 10.6 Å². The van der Waals surface area contributed by atoms with Crippen molar-refractivity contribution < 1.29 is 0 Å². The van der Waals surface area contributed by atoms with Gasteiger partial charge in [0.15, 0.2) is 0 Å². The quantitative estimate of drug-likeness (QED) is 0.873. The standard InChI is InChI=1S/C18H26N6/c1-2-7-19-17(3-1)14-23-9-5-16(6-10-23)20-11-15-12-21-18-4-8-22-24(18)13-15/h1-4,7-8,15-16,20-21H,5-6,9-14H2/t15-/m1/s1. The minimum atomic E-state index is 0.615. The number of nitrogens with zero attached hydrogens (tertiary/aromatic N) is 4. The van der Waals surface area contributed by atoms with Crippen LogP contribution in [0, 0.1) is 5.92 Å². The van der Waals surface area contributed by atoms with E-state index in [0.717, 1.165) is 45.1 Å². The van der Waals surface area contributed by atoms with Gasteiger partial charge in [0.1, 0.15) is 5.82 Å². The first-order valence-corrected chi connectivity index (χ1v) is 8.98. The van der Waals surface area contributed by atoms with Gasteiger partial charge >= 0.3 is 0 Å². The minimum Gasteiger partial charge on any atom is -0.370 e. The normalized spacial score (nSPS) is 22.1. The fourth-order valence-corrected chi connectivity index (χ4v) is 3.67. The molecule has 0 aliphatic carbocycles. The van der Waals surface area contributed by atoms with Crippen molar-refractivity contribution in [1.82, 2.24) is 25.0 Å². The number of piperidine rings is 1. The summed E-state index contributed by atoms with van der Waals surface area (Å²) in [5.74, 6) is 1.76. The lowest BCUT2D eigenvalue weighted by Gasteiger charge is -2.33. The van der Waals surface area contributed by atoms with E-state index in [0.29, 0.717) is 12.0 Å². The van der Waals surface area contributed by atoms with Crippen molar-refractivity contribution in [3.63, 3.8) is 0 Å². The Morgan fingerprint density at radius 1 is 1.17 bits per heavy atom. The van der Waals surface area contributed by atoms with E-state index in [4.69, 9.17) is 0 Å². The predicted molar refractivity (Wildman–Crippen MR) is 94.7 cm³/mol. The number of aromatic nitrogens is 3. The lowest BCUT2D eigenvalue weighted by atomic mass is 10.0. The Balaban J connectivity index is 1.19. The number of rotatable bonds is 5. The minimum absolute atomic E-state index is 0.615. The number of hydrogen-bond donors (Lipinski definition) is 2.